The van der Waals surface area contributed by atoms with Crippen molar-refractivity contribution in [2.45, 2.75) is 12.8 Å². The van der Waals surface area contributed by atoms with Crippen LogP contribution in [0, 0.1) is 0 Å². The molecule has 0 spiro atoms. The van der Waals surface area contributed by atoms with Crippen LogP contribution >= 0.6 is 11.6 Å². The zero-order valence-corrected chi connectivity index (χ0v) is 10.8. The van der Waals surface area contributed by atoms with E-state index < -0.39 is 11.9 Å². The van der Waals surface area contributed by atoms with Crippen LogP contribution < -0.4 is 0 Å². The summed E-state index contributed by atoms with van der Waals surface area (Å²) in [6, 6.07) is 7.25. The number of carbonyl (C=O) groups is 1. The molecule has 3 aromatic rings. The van der Waals surface area contributed by atoms with Gasteiger partial charge in [-0.3, -0.25) is 4.79 Å². The number of rotatable bonds is 2. The van der Waals surface area contributed by atoms with Crippen LogP contribution in [0.25, 0.3) is 21.9 Å². The van der Waals surface area contributed by atoms with E-state index in [4.69, 9.17) is 16.7 Å². The predicted octanol–water partition coefficient (Wildman–Crippen LogP) is 2.95. The second-order valence-corrected chi connectivity index (χ2v) is 4.81. The average molecular weight is 276 g/mol. The fourth-order valence-electron chi connectivity index (χ4n) is 2.11. The average Bonchev–Trinajstić information content (AvgIpc) is 2.74. The lowest BCUT2D eigenvalue weighted by Crippen LogP contribution is -2.06. The first-order chi connectivity index (χ1) is 9.06. The fourth-order valence-corrected chi connectivity index (χ4v) is 2.25. The SMILES string of the molecule is C[C@H](C(=O)O)c1ccc2c(c1)[nH]c1nnc(Cl)cc12. The lowest BCUT2D eigenvalue weighted by Gasteiger charge is -2.05. The minimum absolute atomic E-state index is 0.330. The van der Waals surface area contributed by atoms with Crippen molar-refractivity contribution in [3.8, 4) is 0 Å². The summed E-state index contributed by atoms with van der Waals surface area (Å²) in [6.45, 7) is 1.66. The monoisotopic (exact) mass is 275 g/mol. The Kier molecular flexibility index (Phi) is 2.64. The van der Waals surface area contributed by atoms with E-state index in [1.54, 1.807) is 13.0 Å². The normalized spacial score (nSPS) is 12.9. The van der Waals surface area contributed by atoms with Crippen LogP contribution in [0.4, 0.5) is 0 Å². The molecule has 1 aromatic carbocycles. The first-order valence-corrected chi connectivity index (χ1v) is 6.11. The van der Waals surface area contributed by atoms with Gasteiger partial charge < -0.3 is 10.1 Å². The van der Waals surface area contributed by atoms with Crippen LogP contribution in [0.1, 0.15) is 18.4 Å². The van der Waals surface area contributed by atoms with Gasteiger partial charge in [0.2, 0.25) is 0 Å². The fraction of sp³-hybridized carbons (Fsp3) is 0.154. The van der Waals surface area contributed by atoms with Crippen molar-refractivity contribution in [2.75, 3.05) is 0 Å². The van der Waals surface area contributed by atoms with Crippen LogP contribution in [-0.2, 0) is 4.79 Å². The number of carboxylic acid groups (broad SMARTS) is 1. The summed E-state index contributed by atoms with van der Waals surface area (Å²) >= 11 is 5.83. The molecule has 2 heterocycles. The molecule has 5 nitrogen and oxygen atoms in total. The van der Waals surface area contributed by atoms with Crippen LogP contribution in [0.2, 0.25) is 5.15 Å². The van der Waals surface area contributed by atoms with Gasteiger partial charge in [0.25, 0.3) is 0 Å². The highest BCUT2D eigenvalue weighted by Gasteiger charge is 2.15. The van der Waals surface area contributed by atoms with Crippen molar-refractivity contribution >= 4 is 39.5 Å². The van der Waals surface area contributed by atoms with Crippen molar-refractivity contribution in [2.24, 2.45) is 0 Å². The number of nitrogens with one attached hydrogen (secondary N) is 1. The molecule has 2 N–H and O–H groups in total. The van der Waals surface area contributed by atoms with E-state index in [9.17, 15) is 4.79 Å². The third-order valence-corrected chi connectivity index (χ3v) is 3.41. The number of aromatic amines is 1. The molecule has 0 radical (unpaired) electrons. The van der Waals surface area contributed by atoms with Gasteiger partial charge in [0.15, 0.2) is 10.8 Å². The molecule has 0 aliphatic rings. The van der Waals surface area contributed by atoms with Crippen molar-refractivity contribution < 1.29 is 9.90 Å². The van der Waals surface area contributed by atoms with E-state index in [0.29, 0.717) is 10.8 Å². The van der Waals surface area contributed by atoms with Gasteiger partial charge >= 0.3 is 5.97 Å². The molecule has 0 unspecified atom stereocenters. The Morgan fingerprint density at radius 2 is 2.11 bits per heavy atom. The Labute approximate surface area is 113 Å². The zero-order chi connectivity index (χ0) is 13.6. The molecule has 96 valence electrons. The van der Waals surface area contributed by atoms with Crippen LogP contribution in [0.3, 0.4) is 0 Å². The second kappa shape index (κ2) is 4.20. The van der Waals surface area contributed by atoms with Crippen LogP contribution in [0.15, 0.2) is 24.3 Å². The molecule has 1 atom stereocenters. The van der Waals surface area contributed by atoms with E-state index in [-0.39, 0.29) is 0 Å². The third-order valence-electron chi connectivity index (χ3n) is 3.22. The second-order valence-electron chi connectivity index (χ2n) is 4.42. The topological polar surface area (TPSA) is 78.9 Å². The molecular formula is C13H10ClN3O2. The quantitative estimate of drug-likeness (QED) is 0.754. The highest BCUT2D eigenvalue weighted by molar-refractivity contribution is 6.30. The number of fused-ring (bicyclic) bond motifs is 3. The van der Waals surface area contributed by atoms with Gasteiger partial charge in [-0.2, -0.15) is 0 Å². The zero-order valence-electron chi connectivity index (χ0n) is 10.0. The molecule has 3 rings (SSSR count). The summed E-state index contributed by atoms with van der Waals surface area (Å²) in [6.07, 6.45) is 0. The van der Waals surface area contributed by atoms with Crippen molar-refractivity contribution in [3.63, 3.8) is 0 Å². The minimum Gasteiger partial charge on any atom is -0.481 e. The standard InChI is InChI=1S/C13H10ClN3O2/c1-6(13(18)19)7-2-3-8-9-5-11(14)16-17-12(9)15-10(8)4-7/h2-6H,1H3,(H,15,17)(H,18,19)/t6-/m0/s1. The van der Waals surface area contributed by atoms with Crippen molar-refractivity contribution in [1.82, 2.24) is 15.2 Å². The molecule has 19 heavy (non-hydrogen) atoms. The predicted molar refractivity (Wildman–Crippen MR) is 72.5 cm³/mol. The number of nitrogens with zero attached hydrogens (tertiary/aromatic N) is 2. The highest BCUT2D eigenvalue weighted by atomic mass is 35.5. The Hall–Kier alpha value is -2.14. The van der Waals surface area contributed by atoms with Crippen molar-refractivity contribution in [1.29, 1.82) is 0 Å². The number of hydrogen-bond acceptors (Lipinski definition) is 3. The summed E-state index contributed by atoms with van der Waals surface area (Å²) in [5.41, 5.74) is 2.21. The summed E-state index contributed by atoms with van der Waals surface area (Å²) < 4.78 is 0. The lowest BCUT2D eigenvalue weighted by atomic mass is 10.00. The summed E-state index contributed by atoms with van der Waals surface area (Å²) in [7, 11) is 0. The molecule has 0 bridgehead atoms. The smallest absolute Gasteiger partial charge is 0.310 e. The molecule has 6 heteroatoms. The van der Waals surface area contributed by atoms with Gasteiger partial charge in [-0.1, -0.05) is 23.7 Å². The third kappa shape index (κ3) is 1.92. The molecule has 0 aliphatic heterocycles. The summed E-state index contributed by atoms with van der Waals surface area (Å²) in [5, 5.41) is 18.9. The van der Waals surface area contributed by atoms with Gasteiger partial charge in [0.05, 0.1) is 5.92 Å². The molecular weight excluding hydrogens is 266 g/mol. The van der Waals surface area contributed by atoms with Crippen LogP contribution in [0.5, 0.6) is 0 Å². The number of halogens is 1. The minimum atomic E-state index is -0.849. The van der Waals surface area contributed by atoms with Crippen LogP contribution in [-0.4, -0.2) is 26.3 Å². The Bertz CT molecular complexity index is 797. The Morgan fingerprint density at radius 1 is 1.32 bits per heavy atom. The van der Waals surface area contributed by atoms with Gasteiger partial charge in [-0.05, 0) is 24.6 Å². The van der Waals surface area contributed by atoms with Gasteiger partial charge in [-0.25, -0.2) is 0 Å². The van der Waals surface area contributed by atoms with Crippen molar-refractivity contribution in [3.05, 3.63) is 35.0 Å². The van der Waals surface area contributed by atoms with E-state index in [1.807, 2.05) is 18.2 Å². The molecule has 0 fully saturated rings. The first-order valence-electron chi connectivity index (χ1n) is 5.73. The van der Waals surface area contributed by atoms with Gasteiger partial charge in [0, 0.05) is 16.3 Å². The van der Waals surface area contributed by atoms with Gasteiger partial charge in [0.1, 0.15) is 0 Å². The molecule has 0 saturated heterocycles. The number of carboxylic acids is 1. The van der Waals surface area contributed by atoms with E-state index >= 15 is 0 Å². The first kappa shape index (κ1) is 11.9. The maximum Gasteiger partial charge on any atom is 0.310 e. The van der Waals surface area contributed by atoms with E-state index in [1.165, 1.54) is 0 Å². The molecule has 0 aliphatic carbocycles. The maximum atomic E-state index is 11.0. The van der Waals surface area contributed by atoms with E-state index in [2.05, 4.69) is 15.2 Å². The summed E-state index contributed by atoms with van der Waals surface area (Å²) in [4.78, 5) is 14.1. The number of H-pyrrole nitrogens is 1. The molecule has 0 saturated carbocycles. The summed E-state index contributed by atoms with van der Waals surface area (Å²) in [5.74, 6) is -1.40. The lowest BCUT2D eigenvalue weighted by molar-refractivity contribution is -0.138. The largest absolute Gasteiger partial charge is 0.481 e. The molecule has 2 aromatic heterocycles. The Balaban J connectivity index is 2.24. The number of benzene rings is 1. The number of aliphatic carboxylic acids is 1. The van der Waals surface area contributed by atoms with E-state index in [0.717, 1.165) is 21.9 Å². The highest BCUT2D eigenvalue weighted by Crippen LogP contribution is 2.28. The Morgan fingerprint density at radius 3 is 2.84 bits per heavy atom. The van der Waals surface area contributed by atoms with Gasteiger partial charge in [-0.15, -0.1) is 10.2 Å². The number of hydrogen-bond donors (Lipinski definition) is 2. The number of aromatic nitrogens is 3. The molecule has 0 amide bonds. The maximum absolute atomic E-state index is 11.0.